The van der Waals surface area contributed by atoms with Crippen LogP contribution < -0.4 is 5.73 Å². The number of likely N-dealkylation sites (tertiary alicyclic amines) is 1. The predicted octanol–water partition coefficient (Wildman–Crippen LogP) is 3.94. The number of nitrogens with zero attached hydrogens (tertiary/aromatic N) is 1. The van der Waals surface area contributed by atoms with Gasteiger partial charge >= 0.3 is 0 Å². The topological polar surface area (TPSA) is 29.3 Å². The predicted molar refractivity (Wildman–Crippen MR) is 103 cm³/mol. The van der Waals surface area contributed by atoms with Gasteiger partial charge in [-0.15, -0.1) is 24.8 Å². The molecule has 3 rings (SSSR count). The highest BCUT2D eigenvalue weighted by molar-refractivity contribution is 5.85. The molecule has 1 atom stereocenters. The van der Waals surface area contributed by atoms with Crippen LogP contribution >= 0.6 is 24.8 Å². The van der Waals surface area contributed by atoms with E-state index in [1.165, 1.54) is 24.1 Å². The van der Waals surface area contributed by atoms with Crippen molar-refractivity contribution in [2.75, 3.05) is 26.2 Å². The van der Waals surface area contributed by atoms with E-state index in [1.54, 1.807) is 0 Å². The van der Waals surface area contributed by atoms with E-state index in [0.717, 1.165) is 19.6 Å². The van der Waals surface area contributed by atoms with Gasteiger partial charge in [0.25, 0.3) is 0 Å². The number of nitrogens with two attached hydrogens (primary N) is 1. The Balaban J connectivity index is 0.00000132. The molecule has 0 aliphatic carbocycles. The number of hydrogen-bond donors (Lipinski definition) is 1. The molecule has 1 heterocycles. The molecule has 0 radical (unpaired) electrons. The third-order valence-corrected chi connectivity index (χ3v) is 4.55. The highest BCUT2D eigenvalue weighted by Crippen LogP contribution is 2.27. The SMILES string of the molecule is Cl.Cl.NCC1CCN(CC(c2ccccc2)c2ccccc2)C1. The molecule has 0 aromatic heterocycles. The van der Waals surface area contributed by atoms with Gasteiger partial charge in [-0.2, -0.15) is 0 Å². The molecule has 23 heavy (non-hydrogen) atoms. The second kappa shape index (κ2) is 9.94. The van der Waals surface area contributed by atoms with Gasteiger partial charge in [0.2, 0.25) is 0 Å². The average Bonchev–Trinajstić information content (AvgIpc) is 3.02. The van der Waals surface area contributed by atoms with Gasteiger partial charge in [-0.1, -0.05) is 60.7 Å². The van der Waals surface area contributed by atoms with E-state index in [2.05, 4.69) is 65.6 Å². The molecule has 0 saturated carbocycles. The van der Waals surface area contributed by atoms with Crippen LogP contribution in [0.25, 0.3) is 0 Å². The molecular weight excluding hydrogens is 327 g/mol. The second-order valence-electron chi connectivity index (χ2n) is 6.02. The maximum absolute atomic E-state index is 5.82. The standard InChI is InChI=1S/C19H24N2.2ClH/c20-13-16-11-12-21(14-16)15-19(17-7-3-1-4-8-17)18-9-5-2-6-10-18;;/h1-10,16,19H,11-15,20H2;2*1H. The first-order valence-corrected chi connectivity index (χ1v) is 7.89. The van der Waals surface area contributed by atoms with Crippen molar-refractivity contribution in [3.8, 4) is 0 Å². The van der Waals surface area contributed by atoms with Crippen LogP contribution in [-0.2, 0) is 0 Å². The van der Waals surface area contributed by atoms with Crippen molar-refractivity contribution in [2.45, 2.75) is 12.3 Å². The largest absolute Gasteiger partial charge is 0.330 e. The van der Waals surface area contributed by atoms with Gasteiger partial charge in [0.15, 0.2) is 0 Å². The Hall–Kier alpha value is -1.06. The molecule has 2 aromatic carbocycles. The lowest BCUT2D eigenvalue weighted by Gasteiger charge is -2.25. The van der Waals surface area contributed by atoms with Crippen molar-refractivity contribution in [3.63, 3.8) is 0 Å². The monoisotopic (exact) mass is 352 g/mol. The van der Waals surface area contributed by atoms with Crippen LogP contribution in [0.3, 0.4) is 0 Å². The minimum absolute atomic E-state index is 0. The molecule has 1 saturated heterocycles. The minimum atomic E-state index is 0. The van der Waals surface area contributed by atoms with E-state index < -0.39 is 0 Å². The summed E-state index contributed by atoms with van der Waals surface area (Å²) in [5, 5.41) is 0. The Labute approximate surface area is 151 Å². The number of benzene rings is 2. The zero-order valence-electron chi connectivity index (χ0n) is 13.3. The summed E-state index contributed by atoms with van der Waals surface area (Å²) < 4.78 is 0. The molecule has 126 valence electrons. The highest BCUT2D eigenvalue weighted by atomic mass is 35.5. The summed E-state index contributed by atoms with van der Waals surface area (Å²) in [7, 11) is 0. The fourth-order valence-electron chi connectivity index (χ4n) is 3.30. The summed E-state index contributed by atoms with van der Waals surface area (Å²) in [6.07, 6.45) is 1.24. The van der Waals surface area contributed by atoms with Crippen molar-refractivity contribution < 1.29 is 0 Å². The van der Waals surface area contributed by atoms with E-state index in [9.17, 15) is 0 Å². The van der Waals surface area contributed by atoms with Crippen LogP contribution in [0.15, 0.2) is 60.7 Å². The molecule has 4 heteroatoms. The summed E-state index contributed by atoms with van der Waals surface area (Å²) in [5.41, 5.74) is 8.63. The Morgan fingerprint density at radius 1 is 0.913 bits per heavy atom. The van der Waals surface area contributed by atoms with Crippen LogP contribution in [0, 0.1) is 5.92 Å². The van der Waals surface area contributed by atoms with Gasteiger partial charge < -0.3 is 10.6 Å². The van der Waals surface area contributed by atoms with Crippen molar-refractivity contribution in [2.24, 2.45) is 11.7 Å². The first-order chi connectivity index (χ1) is 10.4. The maximum atomic E-state index is 5.82. The summed E-state index contributed by atoms with van der Waals surface area (Å²) in [6, 6.07) is 21.7. The Kier molecular flexibility index (Phi) is 8.64. The fourth-order valence-corrected chi connectivity index (χ4v) is 3.30. The Morgan fingerprint density at radius 3 is 1.87 bits per heavy atom. The van der Waals surface area contributed by atoms with Gasteiger partial charge in [0, 0.05) is 19.0 Å². The minimum Gasteiger partial charge on any atom is -0.330 e. The Bertz CT molecular complexity index is 508. The van der Waals surface area contributed by atoms with E-state index >= 15 is 0 Å². The zero-order chi connectivity index (χ0) is 14.5. The Morgan fingerprint density at radius 2 is 1.43 bits per heavy atom. The lowest BCUT2D eigenvalue weighted by Crippen LogP contribution is -2.28. The number of halogens is 2. The van der Waals surface area contributed by atoms with Gasteiger partial charge in [-0.3, -0.25) is 0 Å². The third kappa shape index (κ3) is 5.22. The van der Waals surface area contributed by atoms with Gasteiger partial charge in [-0.25, -0.2) is 0 Å². The quantitative estimate of drug-likeness (QED) is 0.882. The molecular formula is C19H26Cl2N2. The van der Waals surface area contributed by atoms with Gasteiger partial charge in [0.05, 0.1) is 0 Å². The molecule has 2 N–H and O–H groups in total. The number of hydrogen-bond acceptors (Lipinski definition) is 2. The first-order valence-electron chi connectivity index (χ1n) is 7.89. The third-order valence-electron chi connectivity index (χ3n) is 4.55. The van der Waals surface area contributed by atoms with E-state index in [4.69, 9.17) is 5.73 Å². The highest BCUT2D eigenvalue weighted by Gasteiger charge is 2.25. The molecule has 0 amide bonds. The first kappa shape index (κ1) is 20.0. The molecule has 1 aliphatic rings. The summed E-state index contributed by atoms with van der Waals surface area (Å²) in [6.45, 7) is 4.23. The molecule has 1 aliphatic heterocycles. The maximum Gasteiger partial charge on any atom is 0.0217 e. The second-order valence-corrected chi connectivity index (χ2v) is 6.02. The summed E-state index contributed by atoms with van der Waals surface area (Å²) >= 11 is 0. The van der Waals surface area contributed by atoms with E-state index in [0.29, 0.717) is 11.8 Å². The summed E-state index contributed by atoms with van der Waals surface area (Å²) in [4.78, 5) is 2.57. The summed E-state index contributed by atoms with van der Waals surface area (Å²) in [5.74, 6) is 1.13. The van der Waals surface area contributed by atoms with E-state index in [1.807, 2.05) is 0 Å². The van der Waals surface area contributed by atoms with Crippen LogP contribution in [0.2, 0.25) is 0 Å². The average molecular weight is 353 g/mol. The molecule has 2 aromatic rings. The van der Waals surface area contributed by atoms with Crippen LogP contribution in [0.5, 0.6) is 0 Å². The smallest absolute Gasteiger partial charge is 0.0217 e. The van der Waals surface area contributed by atoms with Crippen LogP contribution in [-0.4, -0.2) is 31.1 Å². The van der Waals surface area contributed by atoms with Gasteiger partial charge in [0.1, 0.15) is 0 Å². The normalized spacial score (nSPS) is 17.6. The van der Waals surface area contributed by atoms with Gasteiger partial charge in [-0.05, 0) is 36.6 Å². The molecule has 1 fully saturated rings. The molecule has 0 spiro atoms. The van der Waals surface area contributed by atoms with Crippen molar-refractivity contribution >= 4 is 24.8 Å². The fraction of sp³-hybridized carbons (Fsp3) is 0.368. The number of rotatable bonds is 5. The van der Waals surface area contributed by atoms with Crippen molar-refractivity contribution in [1.82, 2.24) is 4.90 Å². The van der Waals surface area contributed by atoms with Crippen LogP contribution in [0.1, 0.15) is 23.5 Å². The molecule has 2 nitrogen and oxygen atoms in total. The lowest BCUT2D eigenvalue weighted by atomic mass is 9.91. The van der Waals surface area contributed by atoms with Crippen molar-refractivity contribution in [3.05, 3.63) is 71.8 Å². The van der Waals surface area contributed by atoms with Crippen LogP contribution in [0.4, 0.5) is 0 Å². The lowest BCUT2D eigenvalue weighted by molar-refractivity contribution is 0.315. The van der Waals surface area contributed by atoms with Crippen molar-refractivity contribution in [1.29, 1.82) is 0 Å². The van der Waals surface area contributed by atoms with E-state index in [-0.39, 0.29) is 24.8 Å². The molecule has 1 unspecified atom stereocenters. The zero-order valence-corrected chi connectivity index (χ0v) is 14.9. The molecule has 0 bridgehead atoms.